The number of methoxy groups -OCH3 is 2. The van der Waals surface area contributed by atoms with Crippen LogP contribution in [0.25, 0.3) is 0 Å². The Morgan fingerprint density at radius 2 is 2.07 bits per heavy atom. The third-order valence-electron chi connectivity index (χ3n) is 1.60. The summed E-state index contributed by atoms with van der Waals surface area (Å²) in [7, 11) is 3.33. The largest absolute Gasteiger partial charge is 0.385 e. The average Bonchev–Trinajstić information content (AvgIpc) is 2.13. The van der Waals surface area contributed by atoms with Crippen LogP contribution in [-0.4, -0.2) is 46.0 Å². The highest BCUT2D eigenvalue weighted by Crippen LogP contribution is 1.84. The number of aliphatic imine (C=N–C) groups is 1. The minimum absolute atomic E-state index is 0. The van der Waals surface area contributed by atoms with Gasteiger partial charge in [0.15, 0.2) is 5.96 Å². The summed E-state index contributed by atoms with van der Waals surface area (Å²) < 4.78 is 9.85. The Labute approximate surface area is 109 Å². The van der Waals surface area contributed by atoms with Crippen LogP contribution in [0.3, 0.4) is 0 Å². The Kier molecular flexibility index (Phi) is 13.8. The van der Waals surface area contributed by atoms with Gasteiger partial charge in [-0.2, -0.15) is 0 Å². The number of hydrogen-bond donors (Lipinski definition) is 2. The third kappa shape index (κ3) is 11.8. The fourth-order valence-electron chi connectivity index (χ4n) is 0.998. The highest BCUT2D eigenvalue weighted by atomic mass is 127. The quantitative estimate of drug-likeness (QED) is 0.310. The fourth-order valence-corrected chi connectivity index (χ4v) is 0.998. The van der Waals surface area contributed by atoms with Gasteiger partial charge < -0.3 is 20.5 Å². The summed E-state index contributed by atoms with van der Waals surface area (Å²) in [5.41, 5.74) is 5.63. The molecule has 0 amide bonds. The molecule has 1 unspecified atom stereocenters. The van der Waals surface area contributed by atoms with Gasteiger partial charge in [-0.25, -0.2) is 0 Å². The highest BCUT2D eigenvalue weighted by molar-refractivity contribution is 14.0. The minimum atomic E-state index is 0. The van der Waals surface area contributed by atoms with Crippen LogP contribution in [0.5, 0.6) is 0 Å². The number of hydrogen-bond acceptors (Lipinski definition) is 3. The van der Waals surface area contributed by atoms with Crippen molar-refractivity contribution in [3.05, 3.63) is 0 Å². The van der Waals surface area contributed by atoms with Crippen molar-refractivity contribution in [2.24, 2.45) is 10.7 Å². The predicted octanol–water partition coefficient (Wildman–Crippen LogP) is 0.580. The molecule has 0 aromatic heterocycles. The standard InChI is InChI=1S/C9H21N3O2.HI/c1-8(7-14-3)12-9(10)11-5-4-6-13-2;/h8H,4-7H2,1-3H3,(H3,10,11,12);1H. The Morgan fingerprint density at radius 3 is 2.60 bits per heavy atom. The van der Waals surface area contributed by atoms with Gasteiger partial charge >= 0.3 is 0 Å². The molecule has 0 rings (SSSR count). The second kappa shape index (κ2) is 12.0. The van der Waals surface area contributed by atoms with Gasteiger partial charge in [-0.05, 0) is 13.3 Å². The molecule has 0 aliphatic heterocycles. The summed E-state index contributed by atoms with van der Waals surface area (Å²) in [6.45, 7) is 4.01. The van der Waals surface area contributed by atoms with Gasteiger partial charge in [-0.15, -0.1) is 24.0 Å². The van der Waals surface area contributed by atoms with Crippen LogP contribution >= 0.6 is 24.0 Å². The van der Waals surface area contributed by atoms with Gasteiger partial charge in [0.25, 0.3) is 0 Å². The maximum atomic E-state index is 5.63. The van der Waals surface area contributed by atoms with Crippen LogP contribution < -0.4 is 11.1 Å². The van der Waals surface area contributed by atoms with Crippen molar-refractivity contribution in [2.75, 3.05) is 34.0 Å². The topological polar surface area (TPSA) is 68.9 Å². The van der Waals surface area contributed by atoms with Gasteiger partial charge in [-0.3, -0.25) is 4.99 Å². The molecule has 0 saturated heterocycles. The molecule has 0 aromatic carbocycles. The molecule has 0 spiro atoms. The van der Waals surface area contributed by atoms with E-state index in [2.05, 4.69) is 10.3 Å². The van der Waals surface area contributed by atoms with E-state index in [9.17, 15) is 0 Å². The molecule has 0 fully saturated rings. The van der Waals surface area contributed by atoms with Crippen molar-refractivity contribution in [1.29, 1.82) is 0 Å². The first-order valence-electron chi connectivity index (χ1n) is 4.75. The Balaban J connectivity index is 0. The smallest absolute Gasteiger partial charge is 0.188 e. The molecule has 6 heteroatoms. The zero-order valence-electron chi connectivity index (χ0n) is 9.66. The SMILES string of the molecule is COCCCN=C(N)NC(C)COC.I. The lowest BCUT2D eigenvalue weighted by molar-refractivity contribution is 0.179. The van der Waals surface area contributed by atoms with E-state index in [0.717, 1.165) is 6.42 Å². The second-order valence-electron chi connectivity index (χ2n) is 3.11. The van der Waals surface area contributed by atoms with Crippen LogP contribution in [-0.2, 0) is 9.47 Å². The van der Waals surface area contributed by atoms with Gasteiger partial charge in [-0.1, -0.05) is 0 Å². The summed E-state index contributed by atoms with van der Waals surface area (Å²) in [5.74, 6) is 0.464. The van der Waals surface area contributed by atoms with Crippen molar-refractivity contribution < 1.29 is 9.47 Å². The maximum Gasteiger partial charge on any atom is 0.188 e. The van der Waals surface area contributed by atoms with Gasteiger partial charge in [0.05, 0.1) is 6.61 Å². The highest BCUT2D eigenvalue weighted by Gasteiger charge is 2.00. The van der Waals surface area contributed by atoms with Gasteiger partial charge in [0.2, 0.25) is 0 Å². The van der Waals surface area contributed by atoms with E-state index in [1.54, 1.807) is 14.2 Å². The van der Waals surface area contributed by atoms with Crippen LogP contribution in [0.2, 0.25) is 0 Å². The molecule has 0 aliphatic carbocycles. The number of guanidine groups is 1. The number of nitrogens with two attached hydrogens (primary N) is 1. The molecule has 0 radical (unpaired) electrons. The molecule has 0 heterocycles. The van der Waals surface area contributed by atoms with Crippen molar-refractivity contribution in [3.8, 4) is 0 Å². The van der Waals surface area contributed by atoms with E-state index < -0.39 is 0 Å². The molecule has 0 aromatic rings. The fraction of sp³-hybridized carbons (Fsp3) is 0.889. The van der Waals surface area contributed by atoms with Crippen LogP contribution in [0.4, 0.5) is 0 Å². The molecule has 5 nitrogen and oxygen atoms in total. The summed E-state index contributed by atoms with van der Waals surface area (Å²) in [6.07, 6.45) is 0.886. The lowest BCUT2D eigenvalue weighted by atomic mass is 10.4. The zero-order chi connectivity index (χ0) is 10.8. The van der Waals surface area contributed by atoms with Crippen LogP contribution in [0, 0.1) is 0 Å². The Bertz CT molecular complexity index is 167. The monoisotopic (exact) mass is 331 g/mol. The molecule has 0 bridgehead atoms. The van der Waals surface area contributed by atoms with E-state index in [0.29, 0.717) is 25.7 Å². The molecule has 0 aliphatic rings. The van der Waals surface area contributed by atoms with Crippen molar-refractivity contribution in [3.63, 3.8) is 0 Å². The molecular weight excluding hydrogens is 309 g/mol. The summed E-state index contributed by atoms with van der Waals surface area (Å²) in [6, 6.07) is 0.186. The van der Waals surface area contributed by atoms with Crippen LogP contribution in [0.1, 0.15) is 13.3 Å². The maximum absolute atomic E-state index is 5.63. The van der Waals surface area contributed by atoms with E-state index >= 15 is 0 Å². The first-order chi connectivity index (χ1) is 6.70. The zero-order valence-corrected chi connectivity index (χ0v) is 12.0. The van der Waals surface area contributed by atoms with E-state index in [1.807, 2.05) is 6.92 Å². The van der Waals surface area contributed by atoms with Crippen molar-refractivity contribution in [1.82, 2.24) is 5.32 Å². The number of nitrogens with one attached hydrogen (secondary N) is 1. The predicted molar refractivity (Wildman–Crippen MR) is 72.9 cm³/mol. The number of ether oxygens (including phenoxy) is 2. The van der Waals surface area contributed by atoms with Gasteiger partial charge in [0, 0.05) is 33.4 Å². The Morgan fingerprint density at radius 1 is 1.40 bits per heavy atom. The Hall–Kier alpha value is -0.0800. The van der Waals surface area contributed by atoms with E-state index in [4.69, 9.17) is 15.2 Å². The third-order valence-corrected chi connectivity index (χ3v) is 1.60. The lowest BCUT2D eigenvalue weighted by Gasteiger charge is -2.12. The summed E-state index contributed by atoms with van der Waals surface area (Å²) in [4.78, 5) is 4.13. The minimum Gasteiger partial charge on any atom is -0.385 e. The van der Waals surface area contributed by atoms with E-state index in [-0.39, 0.29) is 30.0 Å². The van der Waals surface area contributed by atoms with Crippen LogP contribution in [0.15, 0.2) is 4.99 Å². The molecule has 0 saturated carbocycles. The second-order valence-corrected chi connectivity index (χ2v) is 3.11. The molecule has 92 valence electrons. The van der Waals surface area contributed by atoms with Crippen molar-refractivity contribution in [2.45, 2.75) is 19.4 Å². The van der Waals surface area contributed by atoms with Gasteiger partial charge in [0.1, 0.15) is 0 Å². The molecule has 1 atom stereocenters. The van der Waals surface area contributed by atoms with Crippen molar-refractivity contribution >= 4 is 29.9 Å². The number of nitrogens with zero attached hydrogens (tertiary/aromatic N) is 1. The first kappa shape index (κ1) is 17.3. The first-order valence-corrected chi connectivity index (χ1v) is 4.75. The lowest BCUT2D eigenvalue weighted by Crippen LogP contribution is -2.40. The van der Waals surface area contributed by atoms with E-state index in [1.165, 1.54) is 0 Å². The molecule has 15 heavy (non-hydrogen) atoms. The normalized spacial score (nSPS) is 13.1. The summed E-state index contributed by atoms with van der Waals surface area (Å²) >= 11 is 0. The molecule has 3 N–H and O–H groups in total. The average molecular weight is 331 g/mol. The molecular formula is C9H22IN3O2. The summed E-state index contributed by atoms with van der Waals surface area (Å²) in [5, 5.41) is 3.02. The number of rotatable bonds is 7. The number of halogens is 1.